The number of hydrogen-bond acceptors (Lipinski definition) is 5. The standard InChI is InChI=1S/C23H20N4O4/c1-14-2-3-15(11-24-14)5-8-20(28)25-12-16-4-6-18-17(10-16)13-27(23(18)31)19-7-9-21(29)26-22(19)30/h2-4,6,10-11,19H,7,9,12-13H2,1H3,(H,25,28)(H,26,29,30). The summed E-state index contributed by atoms with van der Waals surface area (Å²) in [6.07, 6.45) is 2.15. The molecule has 2 aromatic rings. The molecular formula is C23H20N4O4. The number of piperidine rings is 1. The Morgan fingerprint density at radius 3 is 2.84 bits per heavy atom. The first-order valence-electron chi connectivity index (χ1n) is 9.89. The summed E-state index contributed by atoms with van der Waals surface area (Å²) in [6.45, 7) is 2.43. The monoisotopic (exact) mass is 416 g/mol. The largest absolute Gasteiger partial charge is 0.341 e. The molecule has 1 aromatic carbocycles. The van der Waals surface area contributed by atoms with Crippen molar-refractivity contribution >= 4 is 23.6 Å². The molecule has 1 fully saturated rings. The molecule has 0 saturated carbocycles. The summed E-state index contributed by atoms with van der Waals surface area (Å²) < 4.78 is 0. The van der Waals surface area contributed by atoms with Crippen molar-refractivity contribution in [1.29, 1.82) is 0 Å². The van der Waals surface area contributed by atoms with Crippen LogP contribution in [0.4, 0.5) is 0 Å². The lowest BCUT2D eigenvalue weighted by atomic mass is 10.0. The van der Waals surface area contributed by atoms with E-state index in [1.165, 1.54) is 4.90 Å². The molecule has 4 rings (SSSR count). The third-order valence-electron chi connectivity index (χ3n) is 5.27. The number of nitrogens with zero attached hydrogens (tertiary/aromatic N) is 2. The number of rotatable bonds is 3. The summed E-state index contributed by atoms with van der Waals surface area (Å²) in [5.41, 5.74) is 3.68. The molecule has 8 heteroatoms. The van der Waals surface area contributed by atoms with Gasteiger partial charge in [-0.3, -0.25) is 29.5 Å². The fourth-order valence-corrected chi connectivity index (χ4v) is 3.63. The molecule has 3 heterocycles. The number of carbonyl (C=O) groups excluding carboxylic acids is 4. The molecule has 156 valence electrons. The zero-order valence-electron chi connectivity index (χ0n) is 16.9. The normalized spacial score (nSPS) is 17.5. The second-order valence-corrected chi connectivity index (χ2v) is 7.51. The Kier molecular flexibility index (Phi) is 5.50. The lowest BCUT2D eigenvalue weighted by molar-refractivity contribution is -0.137. The number of pyridine rings is 1. The third-order valence-corrected chi connectivity index (χ3v) is 5.27. The third kappa shape index (κ3) is 4.46. The highest BCUT2D eigenvalue weighted by molar-refractivity contribution is 6.05. The summed E-state index contributed by atoms with van der Waals surface area (Å²) in [4.78, 5) is 53.8. The van der Waals surface area contributed by atoms with Gasteiger partial charge in [0.05, 0.1) is 0 Å². The molecule has 4 amide bonds. The molecule has 1 atom stereocenters. The molecule has 2 aliphatic rings. The molecule has 0 spiro atoms. The molecular weight excluding hydrogens is 396 g/mol. The number of hydrogen-bond donors (Lipinski definition) is 2. The highest BCUT2D eigenvalue weighted by Gasteiger charge is 2.38. The zero-order valence-corrected chi connectivity index (χ0v) is 16.9. The minimum Gasteiger partial charge on any atom is -0.341 e. The zero-order chi connectivity index (χ0) is 22.0. The number of amides is 4. The van der Waals surface area contributed by atoms with E-state index in [0.29, 0.717) is 24.1 Å². The predicted octanol–water partition coefficient (Wildman–Crippen LogP) is 0.819. The van der Waals surface area contributed by atoms with Crippen LogP contribution >= 0.6 is 0 Å². The van der Waals surface area contributed by atoms with E-state index in [-0.39, 0.29) is 24.8 Å². The molecule has 0 radical (unpaired) electrons. The van der Waals surface area contributed by atoms with E-state index in [0.717, 1.165) is 16.8 Å². The van der Waals surface area contributed by atoms with Crippen molar-refractivity contribution in [1.82, 2.24) is 20.5 Å². The molecule has 31 heavy (non-hydrogen) atoms. The number of fused-ring (bicyclic) bond motifs is 1. The lowest BCUT2D eigenvalue weighted by Gasteiger charge is -2.29. The molecule has 1 aromatic heterocycles. The lowest BCUT2D eigenvalue weighted by Crippen LogP contribution is -2.52. The van der Waals surface area contributed by atoms with Gasteiger partial charge in [-0.15, -0.1) is 0 Å². The van der Waals surface area contributed by atoms with Crippen molar-refractivity contribution in [2.45, 2.75) is 38.9 Å². The first-order valence-corrected chi connectivity index (χ1v) is 9.89. The van der Waals surface area contributed by atoms with Gasteiger partial charge >= 0.3 is 0 Å². The van der Waals surface area contributed by atoms with Gasteiger partial charge in [-0.1, -0.05) is 18.1 Å². The molecule has 8 nitrogen and oxygen atoms in total. The van der Waals surface area contributed by atoms with E-state index in [1.54, 1.807) is 24.4 Å². The van der Waals surface area contributed by atoms with Gasteiger partial charge in [0.2, 0.25) is 11.8 Å². The van der Waals surface area contributed by atoms with Gasteiger partial charge in [-0.2, -0.15) is 0 Å². The Bertz CT molecular complexity index is 1140. The van der Waals surface area contributed by atoms with Gasteiger partial charge in [-0.05, 0) is 42.7 Å². The maximum Gasteiger partial charge on any atom is 0.296 e. The molecule has 2 N–H and O–H groups in total. The summed E-state index contributed by atoms with van der Waals surface area (Å²) in [5, 5.41) is 5.02. The van der Waals surface area contributed by atoms with E-state index in [9.17, 15) is 19.2 Å². The Hall–Kier alpha value is -3.99. The smallest absolute Gasteiger partial charge is 0.296 e. The van der Waals surface area contributed by atoms with Crippen LogP contribution in [0.3, 0.4) is 0 Å². The van der Waals surface area contributed by atoms with Crippen molar-refractivity contribution in [2.75, 3.05) is 0 Å². The first-order chi connectivity index (χ1) is 14.9. The predicted molar refractivity (Wildman–Crippen MR) is 110 cm³/mol. The second kappa shape index (κ2) is 8.40. The fourth-order valence-electron chi connectivity index (χ4n) is 3.63. The van der Waals surface area contributed by atoms with Crippen molar-refractivity contribution in [2.24, 2.45) is 0 Å². The van der Waals surface area contributed by atoms with Crippen LogP contribution in [0, 0.1) is 18.8 Å². The van der Waals surface area contributed by atoms with Crippen LogP contribution in [-0.4, -0.2) is 39.6 Å². The Labute approximate surface area is 179 Å². The average Bonchev–Trinajstić information content (AvgIpc) is 3.07. The summed E-state index contributed by atoms with van der Waals surface area (Å²) in [6, 6.07) is 8.29. The van der Waals surface area contributed by atoms with E-state index in [4.69, 9.17) is 0 Å². The Morgan fingerprint density at radius 2 is 2.10 bits per heavy atom. The molecule has 1 unspecified atom stereocenters. The number of nitrogens with one attached hydrogen (secondary N) is 2. The van der Waals surface area contributed by atoms with E-state index in [1.807, 2.05) is 19.1 Å². The molecule has 1 saturated heterocycles. The van der Waals surface area contributed by atoms with Gasteiger partial charge in [0.1, 0.15) is 6.04 Å². The first kappa shape index (κ1) is 20.3. The second-order valence-electron chi connectivity index (χ2n) is 7.51. The quantitative estimate of drug-likeness (QED) is 0.569. The van der Waals surface area contributed by atoms with Crippen LogP contribution in [0.5, 0.6) is 0 Å². The van der Waals surface area contributed by atoms with Crippen molar-refractivity contribution < 1.29 is 19.2 Å². The van der Waals surface area contributed by atoms with Gasteiger partial charge in [0.25, 0.3) is 11.8 Å². The van der Waals surface area contributed by atoms with E-state index < -0.39 is 17.9 Å². The van der Waals surface area contributed by atoms with Crippen molar-refractivity contribution in [3.05, 3.63) is 64.5 Å². The number of imide groups is 1. The minimum atomic E-state index is -0.646. The number of aryl methyl sites for hydroxylation is 1. The van der Waals surface area contributed by atoms with Crippen LogP contribution in [0.2, 0.25) is 0 Å². The minimum absolute atomic E-state index is 0.216. The van der Waals surface area contributed by atoms with E-state index in [2.05, 4.69) is 27.5 Å². The van der Waals surface area contributed by atoms with Gasteiger partial charge in [0.15, 0.2) is 0 Å². The van der Waals surface area contributed by atoms with Crippen LogP contribution in [0.15, 0.2) is 36.5 Å². The van der Waals surface area contributed by atoms with Crippen molar-refractivity contribution in [3.63, 3.8) is 0 Å². The Morgan fingerprint density at radius 1 is 1.26 bits per heavy atom. The molecule has 0 aliphatic carbocycles. The molecule has 0 bridgehead atoms. The highest BCUT2D eigenvalue weighted by atomic mass is 16.2. The number of carbonyl (C=O) groups is 4. The summed E-state index contributed by atoms with van der Waals surface area (Å²) >= 11 is 0. The van der Waals surface area contributed by atoms with Crippen LogP contribution in [0.25, 0.3) is 0 Å². The fraction of sp³-hybridized carbons (Fsp3) is 0.261. The van der Waals surface area contributed by atoms with Gasteiger partial charge in [0, 0.05) is 48.4 Å². The Balaban J connectivity index is 1.38. The number of benzene rings is 1. The van der Waals surface area contributed by atoms with Gasteiger partial charge < -0.3 is 10.2 Å². The maximum absolute atomic E-state index is 12.7. The van der Waals surface area contributed by atoms with Crippen LogP contribution in [0.1, 0.15) is 45.6 Å². The average molecular weight is 416 g/mol. The van der Waals surface area contributed by atoms with Crippen LogP contribution in [-0.2, 0) is 27.5 Å². The molecule has 2 aliphatic heterocycles. The number of aromatic nitrogens is 1. The topological polar surface area (TPSA) is 108 Å². The van der Waals surface area contributed by atoms with Crippen molar-refractivity contribution in [3.8, 4) is 11.8 Å². The van der Waals surface area contributed by atoms with Gasteiger partial charge in [-0.25, -0.2) is 0 Å². The maximum atomic E-state index is 12.7. The van der Waals surface area contributed by atoms with E-state index >= 15 is 0 Å². The SMILES string of the molecule is Cc1ccc(C#CC(=O)NCc2ccc3c(c2)CN(C2CCC(=O)NC2=O)C3=O)cn1. The van der Waals surface area contributed by atoms with Crippen LogP contribution < -0.4 is 10.6 Å². The highest BCUT2D eigenvalue weighted by Crippen LogP contribution is 2.28. The summed E-state index contributed by atoms with van der Waals surface area (Å²) in [5.74, 6) is 3.91. The summed E-state index contributed by atoms with van der Waals surface area (Å²) in [7, 11) is 0.